The minimum Gasteiger partial charge on any atom is -0.301 e. The van der Waals surface area contributed by atoms with Crippen molar-refractivity contribution in [1.29, 1.82) is 0 Å². The van der Waals surface area contributed by atoms with Gasteiger partial charge in [0.25, 0.3) is 0 Å². The average Bonchev–Trinajstić information content (AvgIpc) is 2.34. The summed E-state index contributed by atoms with van der Waals surface area (Å²) in [5, 5.41) is 3.67. The Bertz CT molecular complexity index is 173. The van der Waals surface area contributed by atoms with E-state index in [-0.39, 0.29) is 0 Å². The maximum absolute atomic E-state index is 3.67. The molecule has 1 N–H and O–H groups in total. The summed E-state index contributed by atoms with van der Waals surface area (Å²) in [4.78, 5) is 0.437. The summed E-state index contributed by atoms with van der Waals surface area (Å²) in [5.74, 6) is 3.94. The Morgan fingerprint density at radius 1 is 1.25 bits per heavy atom. The predicted octanol–water partition coefficient (Wildman–Crippen LogP) is 2.18. The van der Waals surface area contributed by atoms with Crippen molar-refractivity contribution in [1.82, 2.24) is 5.32 Å². The number of hydrogen-bond acceptors (Lipinski definition) is 3. The highest BCUT2D eigenvalue weighted by molar-refractivity contribution is 8.04. The normalized spacial score (nSPS) is 40.5. The molecule has 0 saturated carbocycles. The Hall–Kier alpha value is 0.660. The van der Waals surface area contributed by atoms with E-state index in [2.05, 4.69) is 42.7 Å². The molecule has 1 nitrogen and oxygen atoms in total. The van der Waals surface area contributed by atoms with E-state index >= 15 is 0 Å². The molecule has 1 spiro atoms. The molecule has 2 fully saturated rings. The third-order valence-electron chi connectivity index (χ3n) is 2.52. The second-order valence-corrected chi connectivity index (χ2v) is 7.07. The molecule has 0 amide bonds. The predicted molar refractivity (Wildman–Crippen MR) is 58.9 cm³/mol. The molecule has 0 aromatic carbocycles. The first-order chi connectivity index (χ1) is 5.62. The monoisotopic (exact) mass is 203 g/mol. The van der Waals surface area contributed by atoms with E-state index in [1.807, 2.05) is 0 Å². The summed E-state index contributed by atoms with van der Waals surface area (Å²) < 4.78 is 0. The van der Waals surface area contributed by atoms with Gasteiger partial charge in [-0.05, 0) is 17.6 Å². The van der Waals surface area contributed by atoms with Crippen molar-refractivity contribution in [3.63, 3.8) is 0 Å². The first kappa shape index (κ1) is 9.22. The lowest BCUT2D eigenvalue weighted by molar-refractivity contribution is 0.307. The molecular weight excluding hydrogens is 186 g/mol. The Balaban J connectivity index is 2.07. The van der Waals surface area contributed by atoms with E-state index in [1.54, 1.807) is 0 Å². The van der Waals surface area contributed by atoms with Crippen LogP contribution in [0.2, 0.25) is 0 Å². The fraction of sp³-hybridized carbons (Fsp3) is 1.00. The lowest BCUT2D eigenvalue weighted by Gasteiger charge is -2.41. The van der Waals surface area contributed by atoms with E-state index in [9.17, 15) is 0 Å². The van der Waals surface area contributed by atoms with E-state index in [0.717, 1.165) is 0 Å². The van der Waals surface area contributed by atoms with E-state index in [1.165, 1.54) is 30.2 Å². The quantitative estimate of drug-likeness (QED) is 0.648. The molecular formula is C9H17NS2. The largest absolute Gasteiger partial charge is 0.301 e. The zero-order chi connectivity index (χ0) is 8.66. The van der Waals surface area contributed by atoms with Crippen LogP contribution in [0, 0.1) is 5.41 Å². The molecule has 3 heteroatoms. The Labute approximate surface area is 83.4 Å². The number of hydrogen-bond donors (Lipinski definition) is 1. The van der Waals surface area contributed by atoms with Crippen LogP contribution in [0.3, 0.4) is 0 Å². The van der Waals surface area contributed by atoms with Crippen molar-refractivity contribution in [2.45, 2.75) is 25.1 Å². The van der Waals surface area contributed by atoms with Crippen LogP contribution in [-0.2, 0) is 0 Å². The molecule has 2 heterocycles. The van der Waals surface area contributed by atoms with Gasteiger partial charge in [-0.1, -0.05) is 13.8 Å². The van der Waals surface area contributed by atoms with E-state index in [0.29, 0.717) is 10.3 Å². The van der Waals surface area contributed by atoms with Crippen molar-refractivity contribution < 1.29 is 0 Å². The summed E-state index contributed by atoms with van der Waals surface area (Å²) in [6.07, 6.45) is 1.34. The van der Waals surface area contributed by atoms with Crippen LogP contribution in [0.5, 0.6) is 0 Å². The van der Waals surface area contributed by atoms with Crippen LogP contribution in [-0.4, -0.2) is 28.7 Å². The lowest BCUT2D eigenvalue weighted by atomic mass is 9.87. The number of rotatable bonds is 0. The van der Waals surface area contributed by atoms with Gasteiger partial charge in [-0.3, -0.25) is 0 Å². The molecule has 0 aromatic heterocycles. The van der Waals surface area contributed by atoms with E-state index in [4.69, 9.17) is 0 Å². The zero-order valence-electron chi connectivity index (χ0n) is 7.85. The van der Waals surface area contributed by atoms with Crippen molar-refractivity contribution in [3.05, 3.63) is 0 Å². The molecule has 0 bridgehead atoms. The summed E-state index contributed by atoms with van der Waals surface area (Å²) in [6, 6.07) is 0. The minimum atomic E-state index is 0.437. The second-order valence-electron chi connectivity index (χ2n) is 4.60. The fourth-order valence-corrected chi connectivity index (χ4v) is 5.32. The third kappa shape index (κ3) is 1.78. The smallest absolute Gasteiger partial charge is 0.0742 e. The average molecular weight is 203 g/mol. The maximum Gasteiger partial charge on any atom is 0.0742 e. The fourth-order valence-electron chi connectivity index (χ4n) is 2.15. The first-order valence-corrected chi connectivity index (χ1v) is 6.73. The maximum atomic E-state index is 3.67. The third-order valence-corrected chi connectivity index (χ3v) is 5.78. The first-order valence-electron chi connectivity index (χ1n) is 4.59. The van der Waals surface area contributed by atoms with Crippen molar-refractivity contribution in [3.8, 4) is 0 Å². The van der Waals surface area contributed by atoms with Crippen molar-refractivity contribution in [2.24, 2.45) is 5.41 Å². The SMILES string of the molecule is CC1(C)CSCC2(C1)NCCS2. The molecule has 1 atom stereocenters. The van der Waals surface area contributed by atoms with Gasteiger partial charge in [-0.2, -0.15) is 11.8 Å². The van der Waals surface area contributed by atoms with Gasteiger partial charge in [0.1, 0.15) is 0 Å². The molecule has 0 radical (unpaired) electrons. The highest BCUT2D eigenvalue weighted by Gasteiger charge is 2.42. The van der Waals surface area contributed by atoms with Gasteiger partial charge in [0.05, 0.1) is 4.87 Å². The van der Waals surface area contributed by atoms with Gasteiger partial charge in [-0.15, -0.1) is 11.8 Å². The summed E-state index contributed by atoms with van der Waals surface area (Å²) in [5.41, 5.74) is 0.535. The van der Waals surface area contributed by atoms with Gasteiger partial charge in [0, 0.05) is 18.1 Å². The topological polar surface area (TPSA) is 12.0 Å². The van der Waals surface area contributed by atoms with Crippen LogP contribution in [0.1, 0.15) is 20.3 Å². The molecule has 0 aliphatic carbocycles. The van der Waals surface area contributed by atoms with Crippen LogP contribution < -0.4 is 5.32 Å². The summed E-state index contributed by atoms with van der Waals surface area (Å²) >= 11 is 4.25. The Morgan fingerprint density at radius 3 is 2.67 bits per heavy atom. The van der Waals surface area contributed by atoms with Crippen LogP contribution in [0.4, 0.5) is 0 Å². The van der Waals surface area contributed by atoms with E-state index < -0.39 is 0 Å². The van der Waals surface area contributed by atoms with Crippen molar-refractivity contribution in [2.75, 3.05) is 23.8 Å². The molecule has 12 heavy (non-hydrogen) atoms. The molecule has 2 saturated heterocycles. The lowest BCUT2D eigenvalue weighted by Crippen LogP contribution is -2.47. The summed E-state index contributed by atoms with van der Waals surface area (Å²) in [7, 11) is 0. The Kier molecular flexibility index (Phi) is 2.39. The van der Waals surface area contributed by atoms with Crippen LogP contribution >= 0.6 is 23.5 Å². The molecule has 2 rings (SSSR count). The van der Waals surface area contributed by atoms with Crippen LogP contribution in [0.15, 0.2) is 0 Å². The number of thioether (sulfide) groups is 2. The molecule has 2 aliphatic heterocycles. The van der Waals surface area contributed by atoms with Crippen molar-refractivity contribution >= 4 is 23.5 Å². The Morgan fingerprint density at radius 2 is 2.08 bits per heavy atom. The highest BCUT2D eigenvalue weighted by Crippen LogP contribution is 2.46. The zero-order valence-corrected chi connectivity index (χ0v) is 9.49. The van der Waals surface area contributed by atoms with Crippen LogP contribution in [0.25, 0.3) is 0 Å². The molecule has 0 aromatic rings. The minimum absolute atomic E-state index is 0.437. The van der Waals surface area contributed by atoms with Gasteiger partial charge >= 0.3 is 0 Å². The van der Waals surface area contributed by atoms with Gasteiger partial charge in [0.2, 0.25) is 0 Å². The number of nitrogens with one attached hydrogen (secondary N) is 1. The van der Waals surface area contributed by atoms with Gasteiger partial charge in [0.15, 0.2) is 0 Å². The molecule has 1 unspecified atom stereocenters. The summed E-state index contributed by atoms with van der Waals surface area (Å²) in [6.45, 7) is 5.99. The highest BCUT2D eigenvalue weighted by atomic mass is 32.2. The van der Waals surface area contributed by atoms with Gasteiger partial charge < -0.3 is 5.32 Å². The van der Waals surface area contributed by atoms with Gasteiger partial charge in [-0.25, -0.2) is 0 Å². The molecule has 70 valence electrons. The molecule has 2 aliphatic rings. The second kappa shape index (κ2) is 3.10. The standard InChI is InChI=1S/C9H17NS2/c1-8(2)5-9(7-11-6-8)10-3-4-12-9/h10H,3-7H2,1-2H3.